The van der Waals surface area contributed by atoms with Crippen LogP contribution in [0.25, 0.3) is 16.6 Å². The molecule has 1 unspecified atom stereocenters. The summed E-state index contributed by atoms with van der Waals surface area (Å²) in [6, 6.07) is 13.7. The molecule has 0 amide bonds. The van der Waals surface area contributed by atoms with E-state index in [-0.39, 0.29) is 6.04 Å². The van der Waals surface area contributed by atoms with E-state index >= 15 is 0 Å². The van der Waals surface area contributed by atoms with Crippen molar-refractivity contribution in [2.45, 2.75) is 6.04 Å². The SMILES string of the molecule is COc1ccc(C2NN(C)C=C2c2cnc3ccc(Cl)nc3c2)cc1. The normalized spacial score (nSPS) is 17.0. The number of hydrogen-bond acceptors (Lipinski definition) is 5. The number of halogens is 1. The molecule has 0 aliphatic carbocycles. The fourth-order valence-electron chi connectivity index (χ4n) is 3.02. The van der Waals surface area contributed by atoms with Crippen LogP contribution in [0.15, 0.2) is 54.9 Å². The predicted octanol–water partition coefficient (Wildman–Crippen LogP) is 3.82. The molecule has 0 bridgehead atoms. The summed E-state index contributed by atoms with van der Waals surface area (Å²) in [6.45, 7) is 0. The lowest BCUT2D eigenvalue weighted by atomic mass is 9.95. The predicted molar refractivity (Wildman–Crippen MR) is 99.2 cm³/mol. The smallest absolute Gasteiger partial charge is 0.129 e. The summed E-state index contributed by atoms with van der Waals surface area (Å²) in [6.07, 6.45) is 3.95. The molecule has 2 aromatic heterocycles. The monoisotopic (exact) mass is 352 g/mol. The fraction of sp³-hybridized carbons (Fsp3) is 0.158. The Bertz CT molecular complexity index is 955. The van der Waals surface area contributed by atoms with Gasteiger partial charge in [-0.05, 0) is 35.9 Å². The minimum Gasteiger partial charge on any atom is -0.497 e. The zero-order chi connectivity index (χ0) is 17.4. The van der Waals surface area contributed by atoms with Crippen LogP contribution >= 0.6 is 11.6 Å². The third-order valence-corrected chi connectivity index (χ3v) is 4.47. The highest BCUT2D eigenvalue weighted by Crippen LogP contribution is 2.35. The zero-order valence-corrected chi connectivity index (χ0v) is 14.7. The number of fused-ring (bicyclic) bond motifs is 1. The van der Waals surface area contributed by atoms with E-state index in [9.17, 15) is 0 Å². The Hall–Kier alpha value is -2.63. The number of rotatable bonds is 3. The van der Waals surface area contributed by atoms with Crippen LogP contribution < -0.4 is 10.2 Å². The second-order valence-corrected chi connectivity index (χ2v) is 6.31. The number of hydrazine groups is 1. The number of nitrogens with one attached hydrogen (secondary N) is 1. The van der Waals surface area contributed by atoms with E-state index in [1.54, 1.807) is 13.2 Å². The summed E-state index contributed by atoms with van der Waals surface area (Å²) >= 11 is 6.02. The van der Waals surface area contributed by atoms with Crippen LogP contribution in [0.3, 0.4) is 0 Å². The van der Waals surface area contributed by atoms with E-state index in [1.807, 2.05) is 42.5 Å². The van der Waals surface area contributed by atoms with Crippen LogP contribution in [0, 0.1) is 0 Å². The van der Waals surface area contributed by atoms with Crippen molar-refractivity contribution < 1.29 is 4.74 Å². The molecule has 3 heterocycles. The topological polar surface area (TPSA) is 50.3 Å². The van der Waals surface area contributed by atoms with Crippen LogP contribution in [0.4, 0.5) is 0 Å². The Balaban J connectivity index is 1.74. The van der Waals surface area contributed by atoms with Crippen LogP contribution in [-0.2, 0) is 0 Å². The third kappa shape index (κ3) is 3.04. The molecule has 3 aromatic rings. The molecule has 25 heavy (non-hydrogen) atoms. The van der Waals surface area contributed by atoms with Crippen LogP contribution in [0.1, 0.15) is 17.2 Å². The molecule has 1 aromatic carbocycles. The minimum atomic E-state index is 0.0364. The van der Waals surface area contributed by atoms with Gasteiger partial charge in [0.1, 0.15) is 10.9 Å². The van der Waals surface area contributed by atoms with Gasteiger partial charge in [-0.2, -0.15) is 0 Å². The average Bonchev–Trinajstić information content (AvgIpc) is 3.03. The first kappa shape index (κ1) is 15.9. The van der Waals surface area contributed by atoms with Gasteiger partial charge in [-0.3, -0.25) is 4.98 Å². The summed E-state index contributed by atoms with van der Waals surface area (Å²) in [5, 5.41) is 2.42. The number of benzene rings is 1. The maximum atomic E-state index is 6.02. The lowest BCUT2D eigenvalue weighted by Crippen LogP contribution is -2.27. The van der Waals surface area contributed by atoms with Gasteiger partial charge in [0, 0.05) is 30.6 Å². The first-order valence-electron chi connectivity index (χ1n) is 7.91. The summed E-state index contributed by atoms with van der Waals surface area (Å²) in [5.74, 6) is 0.840. The Morgan fingerprint density at radius 2 is 1.92 bits per heavy atom. The minimum absolute atomic E-state index is 0.0364. The largest absolute Gasteiger partial charge is 0.497 e. The van der Waals surface area contributed by atoms with Gasteiger partial charge in [0.15, 0.2) is 0 Å². The molecular formula is C19H17ClN4O. The highest BCUT2D eigenvalue weighted by molar-refractivity contribution is 6.29. The molecule has 5 nitrogen and oxygen atoms in total. The van der Waals surface area contributed by atoms with Gasteiger partial charge >= 0.3 is 0 Å². The summed E-state index contributed by atoms with van der Waals surface area (Å²) in [5.41, 5.74) is 8.35. The second kappa shape index (κ2) is 6.35. The number of methoxy groups -OCH3 is 1. The molecule has 4 rings (SSSR count). The molecule has 0 spiro atoms. The van der Waals surface area contributed by atoms with Crippen molar-refractivity contribution in [3.05, 3.63) is 71.1 Å². The van der Waals surface area contributed by atoms with Crippen LogP contribution in [0.5, 0.6) is 5.75 Å². The quantitative estimate of drug-likeness (QED) is 0.726. The third-order valence-electron chi connectivity index (χ3n) is 4.26. The maximum Gasteiger partial charge on any atom is 0.129 e. The Labute approximate surface area is 150 Å². The Morgan fingerprint density at radius 1 is 1.12 bits per heavy atom. The Kier molecular flexibility index (Phi) is 4.03. The highest BCUT2D eigenvalue weighted by atomic mass is 35.5. The van der Waals surface area contributed by atoms with E-state index in [2.05, 4.69) is 33.7 Å². The molecular weight excluding hydrogens is 336 g/mol. The zero-order valence-electron chi connectivity index (χ0n) is 13.9. The van der Waals surface area contributed by atoms with Gasteiger partial charge in [0.25, 0.3) is 0 Å². The molecule has 1 atom stereocenters. The van der Waals surface area contributed by atoms with E-state index in [0.29, 0.717) is 5.15 Å². The molecule has 0 saturated carbocycles. The fourth-order valence-corrected chi connectivity index (χ4v) is 3.18. The van der Waals surface area contributed by atoms with Crippen molar-refractivity contribution in [2.75, 3.05) is 14.2 Å². The Morgan fingerprint density at radius 3 is 2.68 bits per heavy atom. The van der Waals surface area contributed by atoms with Crippen molar-refractivity contribution >= 4 is 28.2 Å². The number of nitrogens with zero attached hydrogens (tertiary/aromatic N) is 3. The van der Waals surface area contributed by atoms with Gasteiger partial charge in [-0.15, -0.1) is 0 Å². The second-order valence-electron chi connectivity index (χ2n) is 5.93. The van der Waals surface area contributed by atoms with Gasteiger partial charge in [-0.1, -0.05) is 23.7 Å². The van der Waals surface area contributed by atoms with E-state index in [0.717, 1.165) is 33.5 Å². The molecule has 126 valence electrons. The lowest BCUT2D eigenvalue weighted by molar-refractivity contribution is 0.334. The number of aromatic nitrogens is 2. The summed E-state index contributed by atoms with van der Waals surface area (Å²) in [7, 11) is 3.65. The molecule has 0 fully saturated rings. The van der Waals surface area contributed by atoms with Crippen molar-refractivity contribution in [2.24, 2.45) is 0 Å². The number of pyridine rings is 2. The van der Waals surface area contributed by atoms with Gasteiger partial charge in [0.2, 0.25) is 0 Å². The highest BCUT2D eigenvalue weighted by Gasteiger charge is 2.25. The van der Waals surface area contributed by atoms with Gasteiger partial charge in [-0.25, -0.2) is 10.4 Å². The van der Waals surface area contributed by atoms with Crippen molar-refractivity contribution in [3.63, 3.8) is 0 Å². The van der Waals surface area contributed by atoms with E-state index < -0.39 is 0 Å². The number of hydrogen-bond donors (Lipinski definition) is 1. The molecule has 0 radical (unpaired) electrons. The van der Waals surface area contributed by atoms with Gasteiger partial charge < -0.3 is 9.75 Å². The summed E-state index contributed by atoms with van der Waals surface area (Å²) in [4.78, 5) is 8.89. The van der Waals surface area contributed by atoms with Crippen molar-refractivity contribution in [1.82, 2.24) is 20.4 Å². The molecule has 1 aliphatic rings. The maximum absolute atomic E-state index is 6.02. The van der Waals surface area contributed by atoms with E-state index in [4.69, 9.17) is 16.3 Å². The number of ether oxygens (including phenoxy) is 1. The van der Waals surface area contributed by atoms with E-state index in [1.165, 1.54) is 0 Å². The molecule has 0 saturated heterocycles. The van der Waals surface area contributed by atoms with Crippen molar-refractivity contribution in [1.29, 1.82) is 0 Å². The average molecular weight is 353 g/mol. The summed E-state index contributed by atoms with van der Waals surface area (Å²) < 4.78 is 5.25. The first-order valence-corrected chi connectivity index (χ1v) is 8.29. The molecule has 1 aliphatic heterocycles. The first-order chi connectivity index (χ1) is 12.1. The molecule has 6 heteroatoms. The van der Waals surface area contributed by atoms with Crippen LogP contribution in [-0.4, -0.2) is 29.1 Å². The van der Waals surface area contributed by atoms with Crippen molar-refractivity contribution in [3.8, 4) is 5.75 Å². The van der Waals surface area contributed by atoms with Crippen LogP contribution in [0.2, 0.25) is 5.15 Å². The standard InChI is InChI=1S/C19H17ClN4O/c1-24-11-15(19(23-24)12-3-5-14(25-2)6-4-12)13-9-17-16(21-10-13)7-8-18(20)22-17/h3-11,19,23H,1-2H3. The lowest BCUT2D eigenvalue weighted by Gasteiger charge is -2.18. The van der Waals surface area contributed by atoms with Gasteiger partial charge in [0.05, 0.1) is 24.2 Å². The molecule has 1 N–H and O–H groups in total.